The van der Waals surface area contributed by atoms with Crippen LogP contribution in [0.15, 0.2) is 74.0 Å². The van der Waals surface area contributed by atoms with Gasteiger partial charge in [-0.3, -0.25) is 9.36 Å². The Morgan fingerprint density at radius 1 is 1.02 bits per heavy atom. The number of rotatable bonds is 10. The van der Waals surface area contributed by atoms with Crippen LogP contribution < -0.4 is 24.4 Å². The number of aromatic nitrogens is 1. The topological polar surface area (TPSA) is 119 Å². The Labute approximate surface area is 270 Å². The van der Waals surface area contributed by atoms with E-state index in [1.54, 1.807) is 77.3 Å². The second-order valence-electron chi connectivity index (χ2n) is 10.8. The van der Waals surface area contributed by atoms with Gasteiger partial charge in [-0.25, -0.2) is 14.6 Å². The fraction of sp³-hybridized carbons (Fsp3) is 0.314. The van der Waals surface area contributed by atoms with Crippen molar-refractivity contribution in [3.05, 3.63) is 102 Å². The summed E-state index contributed by atoms with van der Waals surface area (Å²) < 4.78 is 30.0. The van der Waals surface area contributed by atoms with Crippen molar-refractivity contribution < 1.29 is 33.0 Å². The molecule has 0 amide bonds. The molecule has 4 aromatic rings. The number of ether oxygens (including phenoxy) is 4. The van der Waals surface area contributed by atoms with Crippen molar-refractivity contribution in [2.45, 2.75) is 53.7 Å². The molecule has 1 aliphatic heterocycles. The maximum atomic E-state index is 14.0. The Morgan fingerprint density at radius 3 is 2.48 bits per heavy atom. The number of methoxy groups -OCH3 is 1. The monoisotopic (exact) mass is 644 g/mol. The summed E-state index contributed by atoms with van der Waals surface area (Å²) in [6, 6.07) is 13.4. The number of aryl methyl sites for hydroxylation is 1. The average Bonchev–Trinajstić information content (AvgIpc) is 3.60. The Morgan fingerprint density at radius 2 is 1.80 bits per heavy atom. The van der Waals surface area contributed by atoms with Gasteiger partial charge < -0.3 is 23.4 Å². The molecule has 0 saturated carbocycles. The summed E-state index contributed by atoms with van der Waals surface area (Å²) in [5, 5.41) is 0. The first-order valence-electron chi connectivity index (χ1n) is 15.0. The van der Waals surface area contributed by atoms with Crippen molar-refractivity contribution in [3.63, 3.8) is 0 Å². The van der Waals surface area contributed by atoms with Gasteiger partial charge in [-0.15, -0.1) is 0 Å². The number of fused-ring (bicyclic) bond motifs is 1. The number of esters is 2. The first-order chi connectivity index (χ1) is 22.1. The van der Waals surface area contributed by atoms with E-state index in [0.717, 1.165) is 11.1 Å². The van der Waals surface area contributed by atoms with Crippen LogP contribution in [-0.2, 0) is 14.3 Å². The number of hydrogen-bond donors (Lipinski definition) is 0. The lowest BCUT2D eigenvalue weighted by molar-refractivity contribution is -0.139. The van der Waals surface area contributed by atoms with E-state index in [-0.39, 0.29) is 29.8 Å². The molecule has 0 bridgehead atoms. The lowest BCUT2D eigenvalue weighted by Gasteiger charge is -2.25. The molecule has 5 rings (SSSR count). The van der Waals surface area contributed by atoms with E-state index in [4.69, 9.17) is 23.4 Å². The number of nitrogens with zero attached hydrogens (tertiary/aromatic N) is 2. The molecular weight excluding hydrogens is 608 g/mol. The Hall–Kier alpha value is -4.90. The third-order valence-corrected chi connectivity index (χ3v) is 8.27. The average molecular weight is 645 g/mol. The van der Waals surface area contributed by atoms with E-state index in [1.165, 1.54) is 15.9 Å². The minimum absolute atomic E-state index is 0.171. The molecule has 0 aliphatic carbocycles. The van der Waals surface area contributed by atoms with Gasteiger partial charge in [0.15, 0.2) is 16.3 Å². The van der Waals surface area contributed by atoms with E-state index in [2.05, 4.69) is 4.99 Å². The molecule has 2 aromatic heterocycles. The third kappa shape index (κ3) is 6.41. The largest absolute Gasteiger partial charge is 0.493 e. The number of allylic oxidation sites excluding steroid dienone is 1. The number of carbonyl (C=O) groups is 2. The van der Waals surface area contributed by atoms with Gasteiger partial charge >= 0.3 is 11.9 Å². The maximum absolute atomic E-state index is 14.0. The molecule has 0 radical (unpaired) electrons. The molecule has 46 heavy (non-hydrogen) atoms. The summed E-state index contributed by atoms with van der Waals surface area (Å²) in [5.74, 6) is 1.13. The molecule has 11 heteroatoms. The summed E-state index contributed by atoms with van der Waals surface area (Å²) in [5.41, 5.74) is 3.14. The van der Waals surface area contributed by atoms with E-state index in [0.29, 0.717) is 55.8 Å². The van der Waals surface area contributed by atoms with Gasteiger partial charge in [0.1, 0.15) is 11.5 Å². The predicted octanol–water partition coefficient (Wildman–Crippen LogP) is 5.34. The molecule has 3 heterocycles. The summed E-state index contributed by atoms with van der Waals surface area (Å²) in [4.78, 5) is 44.7. The predicted molar refractivity (Wildman–Crippen MR) is 174 cm³/mol. The molecule has 10 nitrogen and oxygen atoms in total. The number of benzene rings is 2. The molecule has 1 atom stereocenters. The smallest absolute Gasteiger partial charge is 0.338 e. The minimum Gasteiger partial charge on any atom is -0.493 e. The number of carbonyl (C=O) groups excluding carboxylic acids is 2. The lowest BCUT2D eigenvalue weighted by atomic mass is 9.95. The summed E-state index contributed by atoms with van der Waals surface area (Å²) in [6.07, 6.45) is 1.45. The fourth-order valence-corrected chi connectivity index (χ4v) is 6.32. The molecule has 0 fully saturated rings. The lowest BCUT2D eigenvalue weighted by Crippen LogP contribution is -2.39. The fourth-order valence-electron chi connectivity index (χ4n) is 5.29. The number of hydrogen-bond acceptors (Lipinski definition) is 10. The van der Waals surface area contributed by atoms with E-state index < -0.39 is 12.0 Å². The standard InChI is InChI=1S/C35H36N2O8S/c1-8-42-28-17-22(11-14-27(28)41-7)31-30(34(40)43-9-2)21(6)36-35-37(31)32(38)29(46-35)18-24-12-15-26(45-24)25-13-10-23(16-20(25)5)33(39)44-19(3)4/h10-19,31H,8-9H2,1-7H3/b29-18+/t31-/m1/s1. The van der Waals surface area contributed by atoms with Gasteiger partial charge in [0, 0.05) is 11.6 Å². The van der Waals surface area contributed by atoms with Crippen LogP contribution in [0.1, 0.15) is 67.9 Å². The van der Waals surface area contributed by atoms with Crippen molar-refractivity contribution in [3.8, 4) is 22.8 Å². The van der Waals surface area contributed by atoms with Crippen molar-refractivity contribution in [1.29, 1.82) is 0 Å². The number of furan rings is 1. The molecule has 0 spiro atoms. The summed E-state index contributed by atoms with van der Waals surface area (Å²) in [7, 11) is 1.55. The molecule has 240 valence electrons. The van der Waals surface area contributed by atoms with Crippen LogP contribution in [0.25, 0.3) is 17.4 Å². The van der Waals surface area contributed by atoms with Gasteiger partial charge in [0.25, 0.3) is 5.56 Å². The van der Waals surface area contributed by atoms with E-state index in [1.807, 2.05) is 26.0 Å². The molecule has 0 unspecified atom stereocenters. The van der Waals surface area contributed by atoms with Gasteiger partial charge in [-0.1, -0.05) is 23.5 Å². The van der Waals surface area contributed by atoms with Crippen molar-refractivity contribution in [1.82, 2.24) is 4.57 Å². The van der Waals surface area contributed by atoms with Crippen LogP contribution in [0.2, 0.25) is 0 Å². The number of thiazole rings is 1. The Bertz CT molecular complexity index is 2010. The van der Waals surface area contributed by atoms with E-state index in [9.17, 15) is 14.4 Å². The van der Waals surface area contributed by atoms with Crippen LogP contribution in [-0.4, -0.2) is 42.9 Å². The van der Waals surface area contributed by atoms with E-state index >= 15 is 0 Å². The second-order valence-corrected chi connectivity index (χ2v) is 11.8. The quantitative estimate of drug-likeness (QED) is 0.212. The van der Waals surface area contributed by atoms with Crippen molar-refractivity contribution in [2.75, 3.05) is 20.3 Å². The Kier molecular flexibility index (Phi) is 9.62. The highest BCUT2D eigenvalue weighted by Gasteiger charge is 2.34. The van der Waals surface area contributed by atoms with Crippen LogP contribution in [0, 0.1) is 6.92 Å². The maximum Gasteiger partial charge on any atom is 0.338 e. The SMILES string of the molecule is CCOC(=O)C1=C(C)N=c2s/c(=C/c3ccc(-c4ccc(C(=O)OC(C)C)cc4C)o3)c(=O)n2[C@@H]1c1ccc(OC)c(OCC)c1. The van der Waals surface area contributed by atoms with Crippen molar-refractivity contribution >= 4 is 29.4 Å². The third-order valence-electron chi connectivity index (χ3n) is 7.29. The van der Waals surface area contributed by atoms with Crippen LogP contribution in [0.3, 0.4) is 0 Å². The zero-order valence-electron chi connectivity index (χ0n) is 26.8. The second kappa shape index (κ2) is 13.6. The zero-order chi connectivity index (χ0) is 33.1. The minimum atomic E-state index is -0.807. The van der Waals surface area contributed by atoms with Gasteiger partial charge in [-0.2, -0.15) is 0 Å². The first-order valence-corrected chi connectivity index (χ1v) is 15.8. The van der Waals surface area contributed by atoms with Crippen LogP contribution in [0.4, 0.5) is 0 Å². The highest BCUT2D eigenvalue weighted by molar-refractivity contribution is 7.07. The van der Waals surface area contributed by atoms with Gasteiger partial charge in [-0.05, 0) is 89.1 Å². The summed E-state index contributed by atoms with van der Waals surface area (Å²) in [6.45, 7) is 11.4. The van der Waals surface area contributed by atoms with Crippen LogP contribution >= 0.6 is 11.3 Å². The highest BCUT2D eigenvalue weighted by Crippen LogP contribution is 2.36. The first kappa shape index (κ1) is 32.5. The normalized spacial score (nSPS) is 14.6. The molecule has 2 aromatic carbocycles. The zero-order valence-corrected chi connectivity index (χ0v) is 27.7. The molecule has 0 saturated heterocycles. The molecular formula is C35H36N2O8S. The van der Waals surface area contributed by atoms with Gasteiger partial charge in [0.05, 0.1) is 53.8 Å². The molecule has 1 aliphatic rings. The molecule has 0 N–H and O–H groups in total. The van der Waals surface area contributed by atoms with Crippen LogP contribution in [0.5, 0.6) is 11.5 Å². The van der Waals surface area contributed by atoms with Crippen molar-refractivity contribution in [2.24, 2.45) is 4.99 Å². The highest BCUT2D eigenvalue weighted by atomic mass is 32.1. The summed E-state index contributed by atoms with van der Waals surface area (Å²) >= 11 is 1.20. The van der Waals surface area contributed by atoms with Gasteiger partial charge in [0.2, 0.25) is 0 Å². The Balaban J connectivity index is 1.57.